The molecule has 5 rings (SSSR count). The smallest absolute Gasteiger partial charge is 0.274 e. The van der Waals surface area contributed by atoms with Crippen molar-refractivity contribution in [3.8, 4) is 0 Å². The van der Waals surface area contributed by atoms with Gasteiger partial charge in [-0.2, -0.15) is 5.10 Å². The monoisotopic (exact) mass is 449 g/mol. The van der Waals surface area contributed by atoms with Crippen LogP contribution >= 0.6 is 0 Å². The third kappa shape index (κ3) is 4.82. The van der Waals surface area contributed by atoms with Gasteiger partial charge in [0.1, 0.15) is 5.65 Å². The zero-order chi connectivity index (χ0) is 22.8. The molecule has 176 valence electrons. The fourth-order valence-corrected chi connectivity index (χ4v) is 5.40. The van der Waals surface area contributed by atoms with Crippen LogP contribution in [0.25, 0.3) is 5.65 Å². The van der Waals surface area contributed by atoms with Crippen LogP contribution in [0.3, 0.4) is 0 Å². The summed E-state index contributed by atoms with van der Waals surface area (Å²) in [5.74, 6) is 0.0565. The Bertz CT molecular complexity index is 1090. The minimum Gasteiger partial charge on any atom is -0.335 e. The van der Waals surface area contributed by atoms with Crippen molar-refractivity contribution in [2.24, 2.45) is 0 Å². The molecule has 8 heteroatoms. The van der Waals surface area contributed by atoms with E-state index >= 15 is 0 Å². The van der Waals surface area contributed by atoms with Gasteiger partial charge in [0.25, 0.3) is 5.91 Å². The zero-order valence-corrected chi connectivity index (χ0v) is 19.8. The van der Waals surface area contributed by atoms with Crippen LogP contribution in [0.15, 0.2) is 30.5 Å². The molecule has 3 aromatic rings. The molecule has 1 N–H and O–H groups in total. The lowest BCUT2D eigenvalue weighted by Gasteiger charge is -2.40. The first-order chi connectivity index (χ1) is 16.1. The average molecular weight is 450 g/mol. The number of amides is 1. The van der Waals surface area contributed by atoms with Gasteiger partial charge in [0.15, 0.2) is 5.69 Å². The minimum atomic E-state index is 0.0565. The third-order valence-electron chi connectivity index (χ3n) is 7.13. The lowest BCUT2D eigenvalue weighted by molar-refractivity contribution is 0.0517. The molecule has 1 aliphatic carbocycles. The van der Waals surface area contributed by atoms with Crippen molar-refractivity contribution in [1.82, 2.24) is 34.3 Å². The minimum absolute atomic E-state index is 0.0565. The number of hydrogen-bond acceptors (Lipinski definition) is 5. The highest BCUT2D eigenvalue weighted by molar-refractivity contribution is 5.94. The first-order valence-electron chi connectivity index (χ1n) is 12.3. The second kappa shape index (κ2) is 9.65. The van der Waals surface area contributed by atoms with E-state index in [1.54, 1.807) is 0 Å². The Morgan fingerprint density at radius 3 is 2.64 bits per heavy atom. The summed E-state index contributed by atoms with van der Waals surface area (Å²) in [5, 5.41) is 7.36. The van der Waals surface area contributed by atoms with Crippen molar-refractivity contribution in [3.63, 3.8) is 0 Å². The van der Waals surface area contributed by atoms with Gasteiger partial charge < -0.3 is 9.30 Å². The van der Waals surface area contributed by atoms with E-state index in [1.165, 1.54) is 32.1 Å². The number of rotatable bonds is 6. The molecule has 0 spiro atoms. The maximum atomic E-state index is 13.6. The predicted molar refractivity (Wildman–Crippen MR) is 128 cm³/mol. The second-order valence-electron chi connectivity index (χ2n) is 9.67. The van der Waals surface area contributed by atoms with Crippen molar-refractivity contribution in [1.29, 1.82) is 0 Å². The second-order valence-corrected chi connectivity index (χ2v) is 9.67. The number of imidazole rings is 1. The van der Waals surface area contributed by atoms with Crippen LogP contribution in [0.1, 0.15) is 59.7 Å². The highest BCUT2D eigenvalue weighted by Gasteiger charge is 2.30. The summed E-state index contributed by atoms with van der Waals surface area (Å²) in [6, 6.07) is 8.70. The summed E-state index contributed by atoms with van der Waals surface area (Å²) in [7, 11) is 2.06. The molecule has 2 aliphatic rings. The molecule has 1 amide bonds. The molecule has 1 saturated heterocycles. The molecule has 0 unspecified atom stereocenters. The number of hydrogen-bond donors (Lipinski definition) is 1. The number of nitrogens with one attached hydrogen (secondary N) is 1. The van der Waals surface area contributed by atoms with E-state index < -0.39 is 0 Å². The van der Waals surface area contributed by atoms with Gasteiger partial charge in [0.2, 0.25) is 0 Å². The number of aromatic amines is 1. The number of fused-ring (bicyclic) bond motifs is 1. The van der Waals surface area contributed by atoms with Gasteiger partial charge in [0.05, 0.1) is 11.4 Å². The van der Waals surface area contributed by atoms with E-state index in [-0.39, 0.29) is 5.91 Å². The number of nitrogens with zero attached hydrogens (tertiary/aromatic N) is 6. The molecule has 1 aliphatic heterocycles. The Kier molecular flexibility index (Phi) is 6.46. The molecule has 33 heavy (non-hydrogen) atoms. The molecular formula is C25H35N7O. The summed E-state index contributed by atoms with van der Waals surface area (Å²) in [6.45, 7) is 6.84. The Hall–Kier alpha value is -2.71. The number of aryl methyl sites for hydroxylation is 1. The van der Waals surface area contributed by atoms with E-state index in [1.807, 2.05) is 36.2 Å². The van der Waals surface area contributed by atoms with Crippen LogP contribution in [0.5, 0.6) is 0 Å². The Morgan fingerprint density at radius 2 is 1.91 bits per heavy atom. The number of pyridine rings is 1. The molecule has 4 heterocycles. The average Bonchev–Trinajstić information content (AvgIpc) is 3.42. The molecular weight excluding hydrogens is 414 g/mol. The Labute approximate surface area is 195 Å². The maximum absolute atomic E-state index is 13.6. The highest BCUT2D eigenvalue weighted by atomic mass is 16.2. The van der Waals surface area contributed by atoms with Gasteiger partial charge in [-0.05, 0) is 45.0 Å². The van der Waals surface area contributed by atoms with E-state index in [9.17, 15) is 4.79 Å². The fourth-order valence-electron chi connectivity index (χ4n) is 5.40. The van der Waals surface area contributed by atoms with Crippen molar-refractivity contribution in [2.45, 2.75) is 58.2 Å². The van der Waals surface area contributed by atoms with E-state index in [4.69, 9.17) is 4.98 Å². The maximum Gasteiger partial charge on any atom is 0.274 e. The van der Waals surface area contributed by atoms with Gasteiger partial charge in [-0.25, -0.2) is 4.98 Å². The standard InChI is InChI=1S/C25H35N7O/c1-19-16-20(28-27-19)17-29(2)18-22-24(26-23-10-6-7-11-32(22)23)25(33)31-14-12-30(13-15-31)21-8-4-3-5-9-21/h6-7,10-11,16,21H,3-5,8-9,12-15,17-18H2,1-2H3,(H,27,28). The van der Waals surface area contributed by atoms with Gasteiger partial charge in [-0.15, -0.1) is 0 Å². The summed E-state index contributed by atoms with van der Waals surface area (Å²) < 4.78 is 2.05. The first-order valence-corrected chi connectivity index (χ1v) is 12.3. The van der Waals surface area contributed by atoms with Gasteiger partial charge >= 0.3 is 0 Å². The molecule has 8 nitrogen and oxygen atoms in total. The van der Waals surface area contributed by atoms with Crippen molar-refractivity contribution in [2.75, 3.05) is 33.2 Å². The van der Waals surface area contributed by atoms with Crippen LogP contribution in [0.4, 0.5) is 0 Å². The molecule has 2 fully saturated rings. The lowest BCUT2D eigenvalue weighted by atomic mass is 9.94. The van der Waals surface area contributed by atoms with E-state index in [0.29, 0.717) is 24.8 Å². The summed E-state index contributed by atoms with van der Waals surface area (Å²) in [5.41, 5.74) is 4.39. The third-order valence-corrected chi connectivity index (χ3v) is 7.13. The molecule has 1 saturated carbocycles. The number of carbonyl (C=O) groups is 1. The van der Waals surface area contributed by atoms with Crippen molar-refractivity contribution in [3.05, 3.63) is 53.2 Å². The molecule has 0 aromatic carbocycles. The molecule has 3 aromatic heterocycles. The zero-order valence-electron chi connectivity index (χ0n) is 19.8. The highest BCUT2D eigenvalue weighted by Crippen LogP contribution is 2.24. The first kappa shape index (κ1) is 22.1. The van der Waals surface area contributed by atoms with E-state index in [0.717, 1.165) is 48.9 Å². The predicted octanol–water partition coefficient (Wildman–Crippen LogP) is 3.09. The number of carbonyl (C=O) groups excluding carboxylic acids is 1. The van der Waals surface area contributed by atoms with Crippen LogP contribution in [0, 0.1) is 6.92 Å². The quantitative estimate of drug-likeness (QED) is 0.626. The molecule has 0 atom stereocenters. The van der Waals surface area contributed by atoms with Crippen LogP contribution in [-0.4, -0.2) is 79.5 Å². The Morgan fingerprint density at radius 1 is 1.12 bits per heavy atom. The number of aromatic nitrogens is 4. The number of piperazine rings is 1. The van der Waals surface area contributed by atoms with Crippen LogP contribution in [-0.2, 0) is 13.1 Å². The summed E-state index contributed by atoms with van der Waals surface area (Å²) in [6.07, 6.45) is 8.69. The van der Waals surface area contributed by atoms with Crippen molar-refractivity contribution < 1.29 is 4.79 Å². The summed E-state index contributed by atoms with van der Waals surface area (Å²) in [4.78, 5) is 25.2. The normalized spacial score (nSPS) is 18.5. The number of H-pyrrole nitrogens is 1. The summed E-state index contributed by atoms with van der Waals surface area (Å²) >= 11 is 0. The molecule has 0 bridgehead atoms. The van der Waals surface area contributed by atoms with Gasteiger partial charge in [0, 0.05) is 57.2 Å². The molecule has 0 radical (unpaired) electrons. The van der Waals surface area contributed by atoms with E-state index in [2.05, 4.69) is 37.5 Å². The van der Waals surface area contributed by atoms with Gasteiger partial charge in [-0.3, -0.25) is 19.7 Å². The lowest BCUT2D eigenvalue weighted by Crippen LogP contribution is -2.52. The van der Waals surface area contributed by atoms with Crippen LogP contribution in [0.2, 0.25) is 0 Å². The SMILES string of the molecule is Cc1cc(CN(C)Cc2c(C(=O)N3CCN(C4CCCCC4)CC3)nc3ccccn23)n[nH]1. The topological polar surface area (TPSA) is 72.8 Å². The van der Waals surface area contributed by atoms with Crippen molar-refractivity contribution >= 4 is 11.6 Å². The van der Waals surface area contributed by atoms with Gasteiger partial charge in [-0.1, -0.05) is 25.3 Å². The largest absolute Gasteiger partial charge is 0.335 e. The fraction of sp³-hybridized carbons (Fsp3) is 0.560. The Balaban J connectivity index is 1.31. The van der Waals surface area contributed by atoms with Crippen LogP contribution < -0.4 is 0 Å².